The highest BCUT2D eigenvalue weighted by Gasteiger charge is 2.32. The van der Waals surface area contributed by atoms with E-state index < -0.39 is 17.6 Å². The van der Waals surface area contributed by atoms with Crippen LogP contribution in [-0.2, 0) is 19.3 Å². The molecule has 0 saturated heterocycles. The van der Waals surface area contributed by atoms with Gasteiger partial charge >= 0.3 is 6.18 Å². The van der Waals surface area contributed by atoms with Gasteiger partial charge in [-0.15, -0.1) is 0 Å². The van der Waals surface area contributed by atoms with Gasteiger partial charge in [-0.25, -0.2) is 0 Å². The minimum atomic E-state index is -4.45. The number of nitrogens with one attached hydrogen (secondary N) is 1. The van der Waals surface area contributed by atoms with Gasteiger partial charge in [0.15, 0.2) is 5.69 Å². The van der Waals surface area contributed by atoms with Crippen LogP contribution in [0.1, 0.15) is 28.5 Å². The molecule has 0 spiro atoms. The molecule has 0 unspecified atom stereocenters. The number of amides is 1. The van der Waals surface area contributed by atoms with Gasteiger partial charge in [0.25, 0.3) is 5.91 Å². The van der Waals surface area contributed by atoms with Crippen molar-refractivity contribution in [3.8, 4) is 0 Å². The van der Waals surface area contributed by atoms with E-state index in [1.807, 2.05) is 6.92 Å². The topological polar surface area (TPSA) is 46.9 Å². The lowest BCUT2D eigenvalue weighted by atomic mass is 10.1. The molecule has 0 fully saturated rings. The van der Waals surface area contributed by atoms with E-state index >= 15 is 0 Å². The molecule has 1 aromatic carbocycles. The van der Waals surface area contributed by atoms with Crippen molar-refractivity contribution >= 4 is 21.8 Å². The Morgan fingerprint density at radius 1 is 1.36 bits per heavy atom. The summed E-state index contributed by atoms with van der Waals surface area (Å²) in [5.74, 6) is -0.531. The van der Waals surface area contributed by atoms with E-state index in [0.29, 0.717) is 11.0 Å². The fourth-order valence-electron chi connectivity index (χ4n) is 1.92. The zero-order chi connectivity index (χ0) is 16.3. The number of benzene rings is 1. The second-order valence-corrected chi connectivity index (χ2v) is 5.37. The van der Waals surface area contributed by atoms with Gasteiger partial charge in [0, 0.05) is 19.3 Å². The quantitative estimate of drug-likeness (QED) is 0.886. The number of rotatable bonds is 4. The van der Waals surface area contributed by atoms with Crippen molar-refractivity contribution < 1.29 is 18.0 Å². The fourth-order valence-corrected chi connectivity index (χ4v) is 2.42. The third-order valence-electron chi connectivity index (χ3n) is 3.02. The van der Waals surface area contributed by atoms with Gasteiger partial charge in [-0.2, -0.15) is 18.3 Å². The van der Waals surface area contributed by atoms with Gasteiger partial charge < -0.3 is 5.32 Å². The molecule has 1 aromatic heterocycles. The largest absolute Gasteiger partial charge is 0.416 e. The summed E-state index contributed by atoms with van der Waals surface area (Å²) in [5, 5.41) is 6.51. The van der Waals surface area contributed by atoms with Gasteiger partial charge in [0.1, 0.15) is 0 Å². The lowest BCUT2D eigenvalue weighted by molar-refractivity contribution is -0.138. The van der Waals surface area contributed by atoms with E-state index in [1.165, 1.54) is 18.2 Å². The molecular formula is C14H13BrF3N3O. The molecule has 22 heavy (non-hydrogen) atoms. The Morgan fingerprint density at radius 3 is 2.64 bits per heavy atom. The van der Waals surface area contributed by atoms with Gasteiger partial charge in [0.2, 0.25) is 0 Å². The molecule has 0 radical (unpaired) electrons. The molecular weight excluding hydrogens is 363 g/mol. The third kappa shape index (κ3) is 3.68. The van der Waals surface area contributed by atoms with E-state index in [2.05, 4.69) is 26.3 Å². The standard InChI is InChI=1S/C14H13BrF3N3O/c1-2-21-8-11(15)12(20-21)13(22)19-7-9-5-3-4-6-10(9)14(16,17)18/h3-6,8H,2,7H2,1H3,(H,19,22). The molecule has 0 atom stereocenters. The van der Waals surface area contributed by atoms with Crippen LogP contribution in [0.25, 0.3) is 0 Å². The van der Waals surface area contributed by atoms with Crippen LogP contribution < -0.4 is 5.32 Å². The summed E-state index contributed by atoms with van der Waals surface area (Å²) in [6.45, 7) is 2.23. The highest BCUT2D eigenvalue weighted by Crippen LogP contribution is 2.31. The summed E-state index contributed by atoms with van der Waals surface area (Å²) in [6, 6.07) is 5.14. The number of hydrogen-bond acceptors (Lipinski definition) is 2. The van der Waals surface area contributed by atoms with Crippen LogP contribution in [0, 0.1) is 0 Å². The number of halogens is 4. The molecule has 0 saturated carbocycles. The Bertz CT molecular complexity index is 682. The zero-order valence-electron chi connectivity index (χ0n) is 11.6. The first-order chi connectivity index (χ1) is 10.3. The average Bonchev–Trinajstić information content (AvgIpc) is 2.85. The van der Waals surface area contributed by atoms with Crippen LogP contribution in [-0.4, -0.2) is 15.7 Å². The number of aryl methyl sites for hydroxylation is 1. The molecule has 1 N–H and O–H groups in total. The second-order valence-electron chi connectivity index (χ2n) is 4.52. The molecule has 118 valence electrons. The first kappa shape index (κ1) is 16.5. The van der Waals surface area contributed by atoms with Gasteiger partial charge in [-0.3, -0.25) is 9.48 Å². The number of hydrogen-bond donors (Lipinski definition) is 1. The van der Waals surface area contributed by atoms with E-state index in [-0.39, 0.29) is 17.8 Å². The van der Waals surface area contributed by atoms with Gasteiger partial charge in [-0.1, -0.05) is 18.2 Å². The number of carbonyl (C=O) groups excluding carboxylic acids is 1. The highest BCUT2D eigenvalue weighted by atomic mass is 79.9. The van der Waals surface area contributed by atoms with Crippen molar-refractivity contribution in [2.24, 2.45) is 0 Å². The Balaban J connectivity index is 2.13. The Hall–Kier alpha value is -1.83. The van der Waals surface area contributed by atoms with Crippen LogP contribution in [0.4, 0.5) is 13.2 Å². The molecule has 8 heteroatoms. The number of aromatic nitrogens is 2. The highest BCUT2D eigenvalue weighted by molar-refractivity contribution is 9.10. The number of nitrogens with zero attached hydrogens (tertiary/aromatic N) is 2. The molecule has 1 heterocycles. The van der Waals surface area contributed by atoms with E-state index in [0.717, 1.165) is 6.07 Å². The molecule has 1 amide bonds. The van der Waals surface area contributed by atoms with Crippen molar-refractivity contribution in [2.75, 3.05) is 0 Å². The Labute approximate surface area is 133 Å². The minimum absolute atomic E-state index is 0.00870. The van der Waals surface area contributed by atoms with Crippen LogP contribution in [0.2, 0.25) is 0 Å². The Morgan fingerprint density at radius 2 is 2.05 bits per heavy atom. The van der Waals surface area contributed by atoms with E-state index in [1.54, 1.807) is 10.9 Å². The molecule has 0 aliphatic rings. The SMILES string of the molecule is CCn1cc(Br)c(C(=O)NCc2ccccc2C(F)(F)F)n1. The Kier molecular flexibility index (Phi) is 4.90. The lowest BCUT2D eigenvalue weighted by Gasteiger charge is -2.12. The molecule has 2 aromatic rings. The zero-order valence-corrected chi connectivity index (χ0v) is 13.2. The summed E-state index contributed by atoms with van der Waals surface area (Å²) in [7, 11) is 0. The predicted octanol–water partition coefficient (Wildman–Crippen LogP) is 3.61. The molecule has 0 bridgehead atoms. The normalized spacial score (nSPS) is 11.5. The predicted molar refractivity (Wildman–Crippen MR) is 78.2 cm³/mol. The molecule has 0 aliphatic carbocycles. The second kappa shape index (κ2) is 6.51. The lowest BCUT2D eigenvalue weighted by Crippen LogP contribution is -2.25. The number of carbonyl (C=O) groups is 1. The summed E-state index contributed by atoms with van der Waals surface area (Å²) in [5.41, 5.74) is -0.603. The first-order valence-corrected chi connectivity index (χ1v) is 7.28. The summed E-state index contributed by atoms with van der Waals surface area (Å²) in [4.78, 5) is 12.0. The van der Waals surface area contributed by atoms with Crippen LogP contribution in [0.3, 0.4) is 0 Å². The summed E-state index contributed by atoms with van der Waals surface area (Å²) < 4.78 is 40.7. The van der Waals surface area contributed by atoms with E-state index in [9.17, 15) is 18.0 Å². The average molecular weight is 376 g/mol. The van der Waals surface area contributed by atoms with Crippen LogP contribution in [0.15, 0.2) is 34.9 Å². The number of alkyl halides is 3. The third-order valence-corrected chi connectivity index (χ3v) is 3.60. The maximum Gasteiger partial charge on any atom is 0.416 e. The molecule has 0 aliphatic heterocycles. The summed E-state index contributed by atoms with van der Waals surface area (Å²) >= 11 is 3.21. The van der Waals surface area contributed by atoms with Crippen LogP contribution >= 0.6 is 15.9 Å². The van der Waals surface area contributed by atoms with Gasteiger partial charge in [0.05, 0.1) is 10.0 Å². The summed E-state index contributed by atoms with van der Waals surface area (Å²) in [6.07, 6.45) is -2.82. The van der Waals surface area contributed by atoms with Crippen molar-refractivity contribution in [3.05, 3.63) is 51.8 Å². The first-order valence-electron chi connectivity index (χ1n) is 6.49. The van der Waals surface area contributed by atoms with Crippen molar-refractivity contribution in [2.45, 2.75) is 26.2 Å². The minimum Gasteiger partial charge on any atom is -0.347 e. The van der Waals surface area contributed by atoms with Crippen molar-refractivity contribution in [1.82, 2.24) is 15.1 Å². The van der Waals surface area contributed by atoms with Crippen molar-refractivity contribution in [3.63, 3.8) is 0 Å². The van der Waals surface area contributed by atoms with Gasteiger partial charge in [-0.05, 0) is 34.5 Å². The monoisotopic (exact) mass is 375 g/mol. The van der Waals surface area contributed by atoms with E-state index in [4.69, 9.17) is 0 Å². The smallest absolute Gasteiger partial charge is 0.347 e. The fraction of sp³-hybridized carbons (Fsp3) is 0.286. The van der Waals surface area contributed by atoms with Crippen LogP contribution in [0.5, 0.6) is 0 Å². The molecule has 2 rings (SSSR count). The maximum atomic E-state index is 12.9. The van der Waals surface area contributed by atoms with Crippen molar-refractivity contribution in [1.29, 1.82) is 0 Å². The molecule has 4 nitrogen and oxygen atoms in total. The maximum absolute atomic E-state index is 12.9.